The van der Waals surface area contributed by atoms with E-state index in [1.165, 1.54) is 11.3 Å². The first-order valence-electron chi connectivity index (χ1n) is 5.39. The number of hydrogen-bond donors (Lipinski definition) is 1. The summed E-state index contributed by atoms with van der Waals surface area (Å²) in [4.78, 5) is 12.7. The molecule has 0 atom stereocenters. The van der Waals surface area contributed by atoms with Crippen molar-refractivity contribution in [3.63, 3.8) is 0 Å². The number of pyridine rings is 1. The maximum Gasteiger partial charge on any atom is 0.116 e. The minimum atomic E-state index is 0.855. The molecule has 0 bridgehead atoms. The Morgan fingerprint density at radius 2 is 2.00 bits per heavy atom. The van der Waals surface area contributed by atoms with Crippen molar-refractivity contribution in [1.82, 2.24) is 20.3 Å². The molecular formula is C12H12N4. The van der Waals surface area contributed by atoms with E-state index in [1.54, 1.807) is 18.7 Å². The molecule has 0 saturated heterocycles. The van der Waals surface area contributed by atoms with Crippen molar-refractivity contribution in [2.75, 3.05) is 6.54 Å². The molecule has 4 nitrogen and oxygen atoms in total. The first-order chi connectivity index (χ1) is 7.95. The summed E-state index contributed by atoms with van der Waals surface area (Å²) < 4.78 is 0. The van der Waals surface area contributed by atoms with Crippen LogP contribution in [0.4, 0.5) is 0 Å². The molecular weight excluding hydrogens is 200 g/mol. The molecule has 0 radical (unpaired) electrons. The molecule has 0 aromatic carbocycles. The van der Waals surface area contributed by atoms with E-state index in [-0.39, 0.29) is 0 Å². The van der Waals surface area contributed by atoms with Gasteiger partial charge in [-0.1, -0.05) is 0 Å². The van der Waals surface area contributed by atoms with Crippen molar-refractivity contribution in [3.8, 4) is 11.3 Å². The highest BCUT2D eigenvalue weighted by molar-refractivity contribution is 5.63. The van der Waals surface area contributed by atoms with Gasteiger partial charge in [0.25, 0.3) is 0 Å². The van der Waals surface area contributed by atoms with Crippen LogP contribution in [0, 0.1) is 0 Å². The van der Waals surface area contributed by atoms with Crippen molar-refractivity contribution >= 4 is 0 Å². The quantitative estimate of drug-likeness (QED) is 0.771. The van der Waals surface area contributed by atoms with Gasteiger partial charge in [-0.3, -0.25) is 4.98 Å². The van der Waals surface area contributed by atoms with Crippen LogP contribution >= 0.6 is 0 Å². The molecule has 1 aliphatic heterocycles. The molecule has 2 aromatic heterocycles. The predicted octanol–water partition coefficient (Wildman–Crippen LogP) is 1.18. The fourth-order valence-electron chi connectivity index (χ4n) is 2.03. The number of hydrogen-bond acceptors (Lipinski definition) is 4. The lowest BCUT2D eigenvalue weighted by atomic mass is 10.0. The Hall–Kier alpha value is -1.81. The standard InChI is InChI=1S/C12H12N4/c1-4-13-5-2-9(1)12-10-7-14-6-3-11(10)15-8-16-12/h1-2,4-5,8,14H,3,6-7H2. The van der Waals surface area contributed by atoms with E-state index < -0.39 is 0 Å². The van der Waals surface area contributed by atoms with E-state index in [0.717, 1.165) is 30.8 Å². The van der Waals surface area contributed by atoms with Crippen molar-refractivity contribution in [3.05, 3.63) is 42.1 Å². The highest BCUT2D eigenvalue weighted by Gasteiger charge is 2.15. The van der Waals surface area contributed by atoms with Crippen LogP contribution in [-0.2, 0) is 13.0 Å². The van der Waals surface area contributed by atoms with Crippen molar-refractivity contribution < 1.29 is 0 Å². The zero-order chi connectivity index (χ0) is 10.8. The summed E-state index contributed by atoms with van der Waals surface area (Å²) in [6.45, 7) is 1.85. The topological polar surface area (TPSA) is 50.7 Å². The summed E-state index contributed by atoms with van der Waals surface area (Å²) in [5.41, 5.74) is 4.53. The second kappa shape index (κ2) is 3.98. The highest BCUT2D eigenvalue weighted by atomic mass is 14.9. The molecule has 0 unspecified atom stereocenters. The normalized spacial score (nSPS) is 14.5. The first-order valence-corrected chi connectivity index (χ1v) is 5.39. The Morgan fingerprint density at radius 1 is 1.12 bits per heavy atom. The van der Waals surface area contributed by atoms with Crippen LogP contribution < -0.4 is 5.32 Å². The van der Waals surface area contributed by atoms with E-state index in [0.29, 0.717) is 0 Å². The van der Waals surface area contributed by atoms with Gasteiger partial charge < -0.3 is 5.32 Å². The summed E-state index contributed by atoms with van der Waals surface area (Å²) >= 11 is 0. The van der Waals surface area contributed by atoms with Crippen LogP contribution in [0.2, 0.25) is 0 Å². The van der Waals surface area contributed by atoms with Crippen LogP contribution in [-0.4, -0.2) is 21.5 Å². The average molecular weight is 212 g/mol. The second-order valence-corrected chi connectivity index (χ2v) is 3.81. The third-order valence-electron chi connectivity index (χ3n) is 2.83. The number of nitrogens with zero attached hydrogens (tertiary/aromatic N) is 3. The zero-order valence-electron chi connectivity index (χ0n) is 8.85. The molecule has 1 aliphatic rings. The number of rotatable bonds is 1. The largest absolute Gasteiger partial charge is 0.312 e. The first kappa shape index (κ1) is 9.42. The van der Waals surface area contributed by atoms with Crippen LogP contribution in [0.3, 0.4) is 0 Å². The molecule has 1 N–H and O–H groups in total. The molecule has 0 amide bonds. The molecule has 0 fully saturated rings. The van der Waals surface area contributed by atoms with Gasteiger partial charge in [-0.15, -0.1) is 0 Å². The maximum absolute atomic E-state index is 4.38. The van der Waals surface area contributed by atoms with E-state index >= 15 is 0 Å². The summed E-state index contributed by atoms with van der Waals surface area (Å²) in [6.07, 6.45) is 6.22. The lowest BCUT2D eigenvalue weighted by Gasteiger charge is -2.18. The van der Waals surface area contributed by atoms with Gasteiger partial charge >= 0.3 is 0 Å². The van der Waals surface area contributed by atoms with Gasteiger partial charge in [0.1, 0.15) is 6.33 Å². The Morgan fingerprint density at radius 3 is 2.88 bits per heavy atom. The van der Waals surface area contributed by atoms with Gasteiger partial charge in [0.15, 0.2) is 0 Å². The van der Waals surface area contributed by atoms with Crippen LogP contribution in [0.25, 0.3) is 11.3 Å². The van der Waals surface area contributed by atoms with E-state index in [1.807, 2.05) is 12.1 Å². The molecule has 0 aliphatic carbocycles. The SMILES string of the molecule is c1cc(-c2ncnc3c2CNCC3)ccn1. The number of aromatic nitrogens is 3. The Bertz CT molecular complexity index is 496. The Kier molecular flexibility index (Phi) is 2.34. The smallest absolute Gasteiger partial charge is 0.116 e. The summed E-state index contributed by atoms with van der Waals surface area (Å²) in [6, 6.07) is 3.97. The molecule has 0 saturated carbocycles. The molecule has 0 spiro atoms. The molecule has 2 aromatic rings. The van der Waals surface area contributed by atoms with E-state index in [9.17, 15) is 0 Å². The van der Waals surface area contributed by atoms with Gasteiger partial charge in [-0.05, 0) is 12.1 Å². The number of fused-ring (bicyclic) bond motifs is 1. The average Bonchev–Trinajstić information content (AvgIpc) is 2.39. The lowest BCUT2D eigenvalue weighted by Crippen LogP contribution is -2.25. The number of nitrogens with one attached hydrogen (secondary N) is 1. The summed E-state index contributed by atoms with van der Waals surface area (Å²) in [5.74, 6) is 0. The van der Waals surface area contributed by atoms with E-state index in [2.05, 4.69) is 20.3 Å². The summed E-state index contributed by atoms with van der Waals surface area (Å²) in [7, 11) is 0. The Balaban J connectivity index is 2.14. The minimum Gasteiger partial charge on any atom is -0.312 e. The predicted molar refractivity (Wildman–Crippen MR) is 60.7 cm³/mol. The third-order valence-corrected chi connectivity index (χ3v) is 2.83. The van der Waals surface area contributed by atoms with Gasteiger partial charge in [-0.25, -0.2) is 9.97 Å². The maximum atomic E-state index is 4.38. The van der Waals surface area contributed by atoms with Crippen molar-refractivity contribution in [2.45, 2.75) is 13.0 Å². The monoisotopic (exact) mass is 212 g/mol. The molecule has 80 valence electrons. The van der Waals surface area contributed by atoms with Crippen LogP contribution in [0.5, 0.6) is 0 Å². The molecule has 3 rings (SSSR count). The van der Waals surface area contributed by atoms with Gasteiger partial charge in [-0.2, -0.15) is 0 Å². The molecule has 16 heavy (non-hydrogen) atoms. The molecule has 3 heterocycles. The fraction of sp³-hybridized carbons (Fsp3) is 0.250. The lowest BCUT2D eigenvalue weighted by molar-refractivity contribution is 0.627. The highest BCUT2D eigenvalue weighted by Crippen LogP contribution is 2.23. The van der Waals surface area contributed by atoms with Gasteiger partial charge in [0.2, 0.25) is 0 Å². The third kappa shape index (κ3) is 1.57. The van der Waals surface area contributed by atoms with Crippen LogP contribution in [0.1, 0.15) is 11.3 Å². The fourth-order valence-corrected chi connectivity index (χ4v) is 2.03. The van der Waals surface area contributed by atoms with Crippen LogP contribution in [0.15, 0.2) is 30.9 Å². The minimum absolute atomic E-state index is 0.855. The summed E-state index contributed by atoms with van der Waals surface area (Å²) in [5, 5.41) is 3.36. The Labute approximate surface area is 93.8 Å². The molecule has 4 heteroatoms. The van der Waals surface area contributed by atoms with Gasteiger partial charge in [0, 0.05) is 43.0 Å². The van der Waals surface area contributed by atoms with E-state index in [4.69, 9.17) is 0 Å². The van der Waals surface area contributed by atoms with Gasteiger partial charge in [0.05, 0.1) is 11.4 Å². The van der Waals surface area contributed by atoms with Crippen molar-refractivity contribution in [2.24, 2.45) is 0 Å². The van der Waals surface area contributed by atoms with Crippen molar-refractivity contribution in [1.29, 1.82) is 0 Å². The second-order valence-electron chi connectivity index (χ2n) is 3.81. The zero-order valence-corrected chi connectivity index (χ0v) is 8.85.